The molecule has 1 aliphatic heterocycles. The predicted molar refractivity (Wildman–Crippen MR) is 159 cm³/mol. The van der Waals surface area contributed by atoms with Crippen molar-refractivity contribution in [2.75, 3.05) is 11.9 Å². The van der Waals surface area contributed by atoms with Crippen LogP contribution in [0.4, 0.5) is 5.69 Å². The number of halogens is 1. The van der Waals surface area contributed by atoms with Crippen molar-refractivity contribution in [3.63, 3.8) is 0 Å². The van der Waals surface area contributed by atoms with Crippen LogP contribution in [0.2, 0.25) is 0 Å². The van der Waals surface area contributed by atoms with E-state index in [9.17, 15) is 25.9 Å². The van der Waals surface area contributed by atoms with Crippen molar-refractivity contribution < 1.29 is 25.9 Å². The number of hydrogen-bond acceptors (Lipinski definition) is 6. The molecule has 1 heterocycles. The van der Waals surface area contributed by atoms with Gasteiger partial charge in [-0.05, 0) is 89.2 Å². The molecule has 0 aliphatic carbocycles. The highest BCUT2D eigenvalue weighted by atomic mass is 127. The second-order valence-corrected chi connectivity index (χ2v) is 13.9. The van der Waals surface area contributed by atoms with Gasteiger partial charge in [-0.25, -0.2) is 0 Å². The van der Waals surface area contributed by atoms with E-state index in [0.717, 1.165) is 31.8 Å². The molecular weight excluding hydrogens is 639 g/mol. The molecule has 38 heavy (non-hydrogen) atoms. The third-order valence-electron chi connectivity index (χ3n) is 6.52. The third-order valence-corrected chi connectivity index (χ3v) is 9.16. The SMILES string of the molecule is CC\N=C(/C=C/C=C/C=C1/Nc2ccc(S(=O)(=O)O)cc2C1(C)C)C(C)(C)c1cc(S(=O)(=O)O)ccc1I. The molecule has 3 rings (SSSR count). The largest absolute Gasteiger partial charge is 0.358 e. The van der Waals surface area contributed by atoms with E-state index in [2.05, 4.69) is 32.9 Å². The summed E-state index contributed by atoms with van der Waals surface area (Å²) in [4.78, 5) is 4.33. The maximum absolute atomic E-state index is 11.7. The zero-order chi connectivity index (χ0) is 28.5. The Bertz CT molecular complexity index is 1590. The predicted octanol–water partition coefficient (Wildman–Crippen LogP) is 5.92. The number of allylic oxidation sites excluding steroid dienone is 6. The molecule has 0 radical (unpaired) electrons. The van der Waals surface area contributed by atoms with Gasteiger partial charge in [-0.3, -0.25) is 14.1 Å². The van der Waals surface area contributed by atoms with Gasteiger partial charge in [0.15, 0.2) is 0 Å². The van der Waals surface area contributed by atoms with E-state index >= 15 is 0 Å². The first-order chi connectivity index (χ1) is 17.5. The van der Waals surface area contributed by atoms with E-state index < -0.39 is 31.1 Å². The fraction of sp³-hybridized carbons (Fsp3) is 0.296. The average molecular weight is 671 g/mol. The summed E-state index contributed by atoms with van der Waals surface area (Å²) in [7, 11) is -8.64. The Morgan fingerprint density at radius 1 is 1.00 bits per heavy atom. The Hall–Kier alpha value is -2.32. The van der Waals surface area contributed by atoms with Crippen molar-refractivity contribution in [1.82, 2.24) is 0 Å². The maximum Gasteiger partial charge on any atom is 0.294 e. The minimum atomic E-state index is -4.34. The monoisotopic (exact) mass is 670 g/mol. The van der Waals surface area contributed by atoms with Crippen LogP contribution in [-0.4, -0.2) is 38.2 Å². The van der Waals surface area contributed by atoms with Crippen LogP contribution in [0, 0.1) is 3.57 Å². The van der Waals surface area contributed by atoms with Crippen LogP contribution in [0.5, 0.6) is 0 Å². The highest BCUT2D eigenvalue weighted by Crippen LogP contribution is 2.44. The molecule has 2 aromatic carbocycles. The molecule has 0 bridgehead atoms. The molecule has 0 fully saturated rings. The third kappa shape index (κ3) is 6.45. The molecule has 0 unspecified atom stereocenters. The summed E-state index contributed by atoms with van der Waals surface area (Å²) in [5.41, 5.74) is 2.74. The Kier molecular flexibility index (Phi) is 8.79. The summed E-state index contributed by atoms with van der Waals surface area (Å²) < 4.78 is 66.3. The number of aliphatic imine (C=N–C) groups is 1. The van der Waals surface area contributed by atoms with Crippen molar-refractivity contribution in [2.45, 2.75) is 55.2 Å². The standard InChI is InChI=1S/C27H31IN2O6S2/c1-6-29-24(26(2,3)20-16-18(37(31,32)33)12-14-22(20)28)10-8-7-9-11-25-27(4,5)21-17-19(38(34,35)36)13-15-23(21)30-25/h7-17,30H,6H2,1-5H3,(H,31,32,33)(H,34,35,36)/b9-7+,10-8+,25-11+,29-24+. The first kappa shape index (κ1) is 30.2. The van der Waals surface area contributed by atoms with Crippen LogP contribution in [0.1, 0.15) is 45.7 Å². The summed E-state index contributed by atoms with van der Waals surface area (Å²) in [6.45, 7) is 10.3. The quantitative estimate of drug-likeness (QED) is 0.137. The van der Waals surface area contributed by atoms with E-state index in [4.69, 9.17) is 0 Å². The van der Waals surface area contributed by atoms with Crippen LogP contribution in [-0.2, 0) is 31.1 Å². The Morgan fingerprint density at radius 3 is 2.21 bits per heavy atom. The molecule has 1 aliphatic rings. The normalized spacial score (nSPS) is 17.4. The summed E-state index contributed by atoms with van der Waals surface area (Å²) in [6.07, 6.45) is 9.32. The molecule has 0 aromatic heterocycles. The molecule has 204 valence electrons. The van der Waals surface area contributed by atoms with Crippen molar-refractivity contribution in [3.8, 4) is 0 Å². The Morgan fingerprint density at radius 2 is 1.61 bits per heavy atom. The van der Waals surface area contributed by atoms with Gasteiger partial charge >= 0.3 is 0 Å². The average Bonchev–Trinajstić information content (AvgIpc) is 3.06. The van der Waals surface area contributed by atoms with Crippen LogP contribution in [0.15, 0.2) is 87.3 Å². The molecular formula is C27H31IN2O6S2. The maximum atomic E-state index is 11.7. The van der Waals surface area contributed by atoms with Gasteiger partial charge in [-0.1, -0.05) is 45.9 Å². The number of nitrogens with one attached hydrogen (secondary N) is 1. The number of fused-ring (bicyclic) bond motifs is 1. The molecule has 8 nitrogen and oxygen atoms in total. The topological polar surface area (TPSA) is 133 Å². The molecule has 0 amide bonds. The lowest BCUT2D eigenvalue weighted by Gasteiger charge is -2.27. The minimum Gasteiger partial charge on any atom is -0.358 e. The second kappa shape index (κ2) is 11.0. The van der Waals surface area contributed by atoms with Crippen molar-refractivity contribution in [1.29, 1.82) is 0 Å². The fourth-order valence-corrected chi connectivity index (χ4v) is 6.30. The number of rotatable bonds is 8. The zero-order valence-corrected chi connectivity index (χ0v) is 25.5. The molecule has 2 aromatic rings. The summed E-state index contributed by atoms with van der Waals surface area (Å²) in [5.74, 6) is 0. The minimum absolute atomic E-state index is 0.145. The van der Waals surface area contributed by atoms with Crippen LogP contribution < -0.4 is 5.32 Å². The number of nitrogens with zero attached hydrogens (tertiary/aromatic N) is 1. The lowest BCUT2D eigenvalue weighted by molar-refractivity contribution is 0.480. The van der Waals surface area contributed by atoms with E-state index in [1.165, 1.54) is 24.3 Å². The van der Waals surface area contributed by atoms with E-state index in [0.29, 0.717) is 6.54 Å². The summed E-state index contributed by atoms with van der Waals surface area (Å²) >= 11 is 2.14. The first-order valence-electron chi connectivity index (χ1n) is 11.8. The number of anilines is 1. The van der Waals surface area contributed by atoms with Gasteiger partial charge in [0, 0.05) is 38.0 Å². The molecule has 0 saturated carbocycles. The highest BCUT2D eigenvalue weighted by Gasteiger charge is 2.35. The van der Waals surface area contributed by atoms with Crippen molar-refractivity contribution in [2.24, 2.45) is 4.99 Å². The van der Waals surface area contributed by atoms with E-state index in [1.54, 1.807) is 12.1 Å². The van der Waals surface area contributed by atoms with Gasteiger partial charge in [0.1, 0.15) is 0 Å². The second-order valence-electron chi connectivity index (χ2n) is 9.86. The lowest BCUT2D eigenvalue weighted by Crippen LogP contribution is -2.29. The summed E-state index contributed by atoms with van der Waals surface area (Å²) in [6, 6.07) is 9.00. The van der Waals surface area contributed by atoms with Gasteiger partial charge in [-0.15, -0.1) is 0 Å². The molecule has 3 N–H and O–H groups in total. The molecule has 11 heteroatoms. The molecule has 0 saturated heterocycles. The number of hydrogen-bond donors (Lipinski definition) is 3. The summed E-state index contributed by atoms with van der Waals surface area (Å²) in [5, 5.41) is 3.31. The Labute approximate surface area is 238 Å². The smallest absolute Gasteiger partial charge is 0.294 e. The number of benzene rings is 2. The van der Waals surface area contributed by atoms with Crippen LogP contribution in [0.3, 0.4) is 0 Å². The first-order valence-corrected chi connectivity index (χ1v) is 15.7. The van der Waals surface area contributed by atoms with Crippen molar-refractivity contribution >= 4 is 54.2 Å². The highest BCUT2D eigenvalue weighted by molar-refractivity contribution is 14.1. The zero-order valence-electron chi connectivity index (χ0n) is 21.7. The van der Waals surface area contributed by atoms with E-state index in [-0.39, 0.29) is 9.79 Å². The van der Waals surface area contributed by atoms with Gasteiger partial charge in [0.05, 0.1) is 9.79 Å². The Balaban J connectivity index is 1.86. The van der Waals surface area contributed by atoms with Crippen molar-refractivity contribution in [3.05, 3.63) is 87.2 Å². The van der Waals surface area contributed by atoms with Crippen LogP contribution >= 0.6 is 22.6 Å². The van der Waals surface area contributed by atoms with Gasteiger partial charge < -0.3 is 5.32 Å². The van der Waals surface area contributed by atoms with Gasteiger partial charge in [-0.2, -0.15) is 16.8 Å². The van der Waals surface area contributed by atoms with Gasteiger partial charge in [0.2, 0.25) is 0 Å². The van der Waals surface area contributed by atoms with E-state index in [1.807, 2.05) is 65.0 Å². The lowest BCUT2D eigenvalue weighted by atomic mass is 9.79. The fourth-order valence-electron chi connectivity index (χ4n) is 4.28. The van der Waals surface area contributed by atoms with Gasteiger partial charge in [0.25, 0.3) is 20.2 Å². The molecule has 0 atom stereocenters. The van der Waals surface area contributed by atoms with Crippen LogP contribution in [0.25, 0.3) is 0 Å². The molecule has 0 spiro atoms.